The average molecular weight is 581 g/mol. The maximum Gasteiger partial charge on any atom is 0.334 e. The van der Waals surface area contributed by atoms with Crippen LogP contribution in [0.2, 0.25) is 0 Å². The van der Waals surface area contributed by atoms with Crippen molar-refractivity contribution in [2.24, 2.45) is 5.92 Å². The van der Waals surface area contributed by atoms with Crippen molar-refractivity contribution in [3.63, 3.8) is 0 Å². The van der Waals surface area contributed by atoms with E-state index in [4.69, 9.17) is 9.72 Å². The van der Waals surface area contributed by atoms with Crippen LogP contribution in [0, 0.1) is 5.92 Å². The molecule has 3 heterocycles. The van der Waals surface area contributed by atoms with Gasteiger partial charge in [-0.2, -0.15) is 0 Å². The Hall–Kier alpha value is -4.38. The molecule has 1 N–H and O–H groups in total. The minimum atomic E-state index is -0.685. The molecule has 222 valence electrons. The van der Waals surface area contributed by atoms with E-state index in [0.717, 1.165) is 66.6 Å². The van der Waals surface area contributed by atoms with Gasteiger partial charge in [0.25, 0.3) is 5.56 Å². The number of ether oxygens (including phenoxy) is 1. The molecule has 2 saturated carbocycles. The molecule has 2 aromatic carbocycles. The number of nitrogens with zero attached hydrogens (tertiary/aromatic N) is 7. The summed E-state index contributed by atoms with van der Waals surface area (Å²) in [6.07, 6.45) is 7.06. The van der Waals surface area contributed by atoms with Crippen LogP contribution >= 0.6 is 0 Å². The van der Waals surface area contributed by atoms with Crippen LogP contribution in [-0.2, 0) is 17.8 Å². The zero-order chi connectivity index (χ0) is 29.5. The normalized spacial score (nSPS) is 16.6. The molecule has 11 heteroatoms. The van der Waals surface area contributed by atoms with Crippen LogP contribution in [0.5, 0.6) is 0 Å². The van der Waals surface area contributed by atoms with Gasteiger partial charge in [0.15, 0.2) is 17.0 Å². The second kappa shape index (κ2) is 11.4. The molecule has 2 aliphatic carbocycles. The van der Waals surface area contributed by atoms with Gasteiger partial charge < -0.3 is 9.30 Å². The van der Waals surface area contributed by atoms with Gasteiger partial charge in [-0.25, -0.2) is 19.4 Å². The van der Waals surface area contributed by atoms with Crippen LogP contribution in [-0.4, -0.2) is 46.4 Å². The first-order valence-corrected chi connectivity index (χ1v) is 15.2. The van der Waals surface area contributed by atoms with Gasteiger partial charge in [-0.05, 0) is 65.6 Å². The Balaban J connectivity index is 1.34. The van der Waals surface area contributed by atoms with E-state index in [9.17, 15) is 9.59 Å². The Labute approximate surface area is 248 Å². The second-order valence-corrected chi connectivity index (χ2v) is 11.9. The standard InChI is InChI=1S/C32H36N8O3/c1-20(43-2)40-31(41)27-30(39(32(40)42)19-21-12-13-21)33-29(24-8-4-3-5-9-24)38(27)18-22-14-16-23(17-15-22)25-10-6-7-11-26(25)28-34-36-37-35-28/h6-7,10-11,14-17,20-21,24H,3-5,8-9,12-13,18-19H2,1-2H3,(H,34,35,36,37). The van der Waals surface area contributed by atoms with Crippen LogP contribution in [0.3, 0.4) is 0 Å². The third kappa shape index (κ3) is 5.11. The quantitative estimate of drug-likeness (QED) is 0.263. The largest absolute Gasteiger partial charge is 0.361 e. The number of benzene rings is 2. The molecule has 0 spiro atoms. The van der Waals surface area contributed by atoms with Gasteiger partial charge in [-0.15, -0.1) is 5.10 Å². The smallest absolute Gasteiger partial charge is 0.334 e. The Kier molecular flexibility index (Phi) is 7.26. The lowest BCUT2D eigenvalue weighted by Gasteiger charge is -2.22. The molecule has 11 nitrogen and oxygen atoms in total. The van der Waals surface area contributed by atoms with E-state index in [0.29, 0.717) is 36.0 Å². The van der Waals surface area contributed by atoms with Crippen LogP contribution in [0.1, 0.15) is 75.4 Å². The van der Waals surface area contributed by atoms with Gasteiger partial charge in [0.2, 0.25) is 0 Å². The Morgan fingerprint density at radius 1 is 0.953 bits per heavy atom. The van der Waals surface area contributed by atoms with Crippen LogP contribution in [0.15, 0.2) is 58.1 Å². The fourth-order valence-corrected chi connectivity index (χ4v) is 6.45. The SMILES string of the molecule is COC(C)n1c(=O)c2c(nc(C3CCCCC3)n2Cc2ccc(-c3ccccc3-c3nnn[nH]3)cc2)n(CC2CC2)c1=O. The molecule has 3 aromatic heterocycles. The van der Waals surface area contributed by atoms with Crippen LogP contribution < -0.4 is 11.2 Å². The Bertz CT molecular complexity index is 1860. The molecular weight excluding hydrogens is 544 g/mol. The highest BCUT2D eigenvalue weighted by Gasteiger charge is 2.30. The fourth-order valence-electron chi connectivity index (χ4n) is 6.45. The number of tetrazole rings is 1. The summed E-state index contributed by atoms with van der Waals surface area (Å²) in [5.41, 5.74) is 4.32. The maximum absolute atomic E-state index is 14.1. The summed E-state index contributed by atoms with van der Waals surface area (Å²) in [7, 11) is 1.52. The van der Waals surface area contributed by atoms with Crippen molar-refractivity contribution < 1.29 is 4.74 Å². The zero-order valence-corrected chi connectivity index (χ0v) is 24.6. The summed E-state index contributed by atoms with van der Waals surface area (Å²) in [6, 6.07) is 16.4. The number of nitrogens with one attached hydrogen (secondary N) is 1. The van der Waals surface area contributed by atoms with Crippen molar-refractivity contribution >= 4 is 11.2 Å². The summed E-state index contributed by atoms with van der Waals surface area (Å²) >= 11 is 0. The Morgan fingerprint density at radius 3 is 2.37 bits per heavy atom. The summed E-state index contributed by atoms with van der Waals surface area (Å²) in [5, 5.41) is 14.4. The number of hydrogen-bond acceptors (Lipinski definition) is 7. The average Bonchev–Trinajstić information content (AvgIpc) is 3.54. The van der Waals surface area contributed by atoms with Gasteiger partial charge in [0.05, 0.1) is 0 Å². The molecule has 0 amide bonds. The van der Waals surface area contributed by atoms with Gasteiger partial charge >= 0.3 is 5.69 Å². The van der Waals surface area contributed by atoms with Crippen molar-refractivity contribution in [1.82, 2.24) is 39.3 Å². The summed E-state index contributed by atoms with van der Waals surface area (Å²) in [5.74, 6) is 2.21. The number of methoxy groups -OCH3 is 1. The highest BCUT2D eigenvalue weighted by atomic mass is 16.5. The van der Waals surface area contributed by atoms with Crippen molar-refractivity contribution in [1.29, 1.82) is 0 Å². The highest BCUT2D eigenvalue weighted by molar-refractivity contribution is 5.80. The molecular formula is C32H36N8O3. The third-order valence-electron chi connectivity index (χ3n) is 9.04. The first-order chi connectivity index (χ1) is 21.0. The topological polar surface area (TPSA) is 126 Å². The molecule has 0 bridgehead atoms. The predicted octanol–water partition coefficient (Wildman–Crippen LogP) is 4.88. The first-order valence-electron chi connectivity index (χ1n) is 15.2. The Morgan fingerprint density at radius 2 is 1.70 bits per heavy atom. The lowest BCUT2D eigenvalue weighted by molar-refractivity contribution is 0.0529. The molecule has 0 saturated heterocycles. The summed E-state index contributed by atoms with van der Waals surface area (Å²) < 4.78 is 10.6. The van der Waals surface area contributed by atoms with E-state index >= 15 is 0 Å². The van der Waals surface area contributed by atoms with E-state index in [1.54, 1.807) is 11.5 Å². The molecule has 2 fully saturated rings. The van der Waals surface area contributed by atoms with Crippen molar-refractivity contribution in [3.05, 3.63) is 80.8 Å². The molecule has 0 aliphatic heterocycles. The maximum atomic E-state index is 14.1. The fraction of sp³-hybridized carbons (Fsp3) is 0.438. The number of H-pyrrole nitrogens is 1. The molecule has 0 radical (unpaired) electrons. The summed E-state index contributed by atoms with van der Waals surface area (Å²) in [6.45, 7) is 2.79. The zero-order valence-electron chi connectivity index (χ0n) is 24.6. The van der Waals surface area contributed by atoms with E-state index in [-0.39, 0.29) is 17.2 Å². The molecule has 43 heavy (non-hydrogen) atoms. The van der Waals surface area contributed by atoms with E-state index in [1.807, 2.05) is 18.2 Å². The van der Waals surface area contributed by atoms with Crippen LogP contribution in [0.25, 0.3) is 33.7 Å². The van der Waals surface area contributed by atoms with Gasteiger partial charge in [-0.1, -0.05) is 67.8 Å². The molecule has 7 rings (SSSR count). The van der Waals surface area contributed by atoms with E-state index in [2.05, 4.69) is 55.5 Å². The third-order valence-corrected chi connectivity index (χ3v) is 9.04. The van der Waals surface area contributed by atoms with Crippen molar-refractivity contribution in [3.8, 4) is 22.5 Å². The molecule has 2 aliphatic rings. The number of aromatic amines is 1. The first kappa shape index (κ1) is 27.5. The lowest BCUT2D eigenvalue weighted by Crippen LogP contribution is -2.43. The van der Waals surface area contributed by atoms with Crippen LogP contribution in [0.4, 0.5) is 0 Å². The second-order valence-electron chi connectivity index (χ2n) is 11.9. The minimum Gasteiger partial charge on any atom is -0.361 e. The van der Waals surface area contributed by atoms with Gasteiger partial charge in [-0.3, -0.25) is 9.36 Å². The molecule has 5 aromatic rings. The number of fused-ring (bicyclic) bond motifs is 1. The van der Waals surface area contributed by atoms with Gasteiger partial charge in [0, 0.05) is 31.7 Å². The minimum absolute atomic E-state index is 0.250. The summed E-state index contributed by atoms with van der Waals surface area (Å²) in [4.78, 5) is 32.9. The molecule has 1 unspecified atom stereocenters. The highest BCUT2D eigenvalue weighted by Crippen LogP contribution is 2.35. The number of imidazole rings is 1. The van der Waals surface area contributed by atoms with Crippen molar-refractivity contribution in [2.45, 2.75) is 77.1 Å². The van der Waals surface area contributed by atoms with Gasteiger partial charge in [0.1, 0.15) is 12.1 Å². The lowest BCUT2D eigenvalue weighted by atomic mass is 9.88. The molecule has 1 atom stereocenters. The number of rotatable bonds is 9. The van der Waals surface area contributed by atoms with Crippen molar-refractivity contribution in [2.75, 3.05) is 7.11 Å². The monoisotopic (exact) mass is 580 g/mol. The van der Waals surface area contributed by atoms with E-state index in [1.165, 1.54) is 18.1 Å². The predicted molar refractivity (Wildman–Crippen MR) is 163 cm³/mol. The number of hydrogen-bond donors (Lipinski definition) is 1. The van der Waals surface area contributed by atoms with E-state index < -0.39 is 6.23 Å². The number of aromatic nitrogens is 8.